The zero-order valence-electron chi connectivity index (χ0n) is 8.38. The molecule has 0 aliphatic heterocycles. The van der Waals surface area contributed by atoms with E-state index in [1.165, 1.54) is 5.56 Å². The van der Waals surface area contributed by atoms with Gasteiger partial charge in [0.15, 0.2) is 0 Å². The first-order chi connectivity index (χ1) is 6.63. The Morgan fingerprint density at radius 1 is 1.43 bits per heavy atom. The quantitative estimate of drug-likeness (QED) is 0.737. The maximum absolute atomic E-state index is 11.7. The second-order valence-electron chi connectivity index (χ2n) is 3.53. The number of rotatable bonds is 3. The van der Waals surface area contributed by atoms with Crippen LogP contribution in [-0.4, -0.2) is 5.91 Å². The zero-order valence-corrected chi connectivity index (χ0v) is 8.38. The highest BCUT2D eigenvalue weighted by Gasteiger charge is 2.10. The molecule has 0 heterocycles. The molecular formula is C11H14FNO. The van der Waals surface area contributed by atoms with E-state index in [1.807, 2.05) is 38.1 Å². The third-order valence-electron chi connectivity index (χ3n) is 2.24. The number of amides is 1. The van der Waals surface area contributed by atoms with E-state index in [0.717, 1.165) is 11.1 Å². The van der Waals surface area contributed by atoms with Crippen molar-refractivity contribution in [3.63, 3.8) is 0 Å². The van der Waals surface area contributed by atoms with Gasteiger partial charge in [0.1, 0.15) is 0 Å². The Bertz CT molecular complexity index is 308. The van der Waals surface area contributed by atoms with Crippen LogP contribution in [0.4, 0.5) is 4.48 Å². The van der Waals surface area contributed by atoms with Crippen molar-refractivity contribution in [2.24, 2.45) is 0 Å². The summed E-state index contributed by atoms with van der Waals surface area (Å²) >= 11 is 0. The number of carbonyl (C=O) groups excluding carboxylic acids is 1. The van der Waals surface area contributed by atoms with Crippen LogP contribution in [-0.2, 0) is 4.79 Å². The van der Waals surface area contributed by atoms with E-state index in [0.29, 0.717) is 0 Å². The lowest BCUT2D eigenvalue weighted by atomic mass is 9.97. The van der Waals surface area contributed by atoms with Crippen molar-refractivity contribution >= 4 is 5.91 Å². The number of aryl methyl sites for hydroxylation is 1. The molecule has 3 heteroatoms. The van der Waals surface area contributed by atoms with Crippen LogP contribution >= 0.6 is 0 Å². The minimum Gasteiger partial charge on any atom is -0.273 e. The second-order valence-corrected chi connectivity index (χ2v) is 3.53. The molecule has 0 aliphatic rings. The topological polar surface area (TPSA) is 29.1 Å². The second kappa shape index (κ2) is 4.74. The van der Waals surface area contributed by atoms with Gasteiger partial charge in [0.25, 0.3) is 0 Å². The van der Waals surface area contributed by atoms with E-state index in [4.69, 9.17) is 0 Å². The maximum atomic E-state index is 11.7. The van der Waals surface area contributed by atoms with Gasteiger partial charge in [-0.15, -0.1) is 4.48 Å². The van der Waals surface area contributed by atoms with Crippen LogP contribution in [0, 0.1) is 6.92 Å². The molecule has 0 fully saturated rings. The summed E-state index contributed by atoms with van der Waals surface area (Å²) in [5.41, 5.74) is 3.37. The molecule has 0 radical (unpaired) electrons. The number of nitrogens with one attached hydrogen (secondary N) is 1. The Morgan fingerprint density at radius 3 is 2.50 bits per heavy atom. The van der Waals surface area contributed by atoms with Gasteiger partial charge in [-0.25, -0.2) is 0 Å². The predicted molar refractivity (Wildman–Crippen MR) is 53.5 cm³/mol. The van der Waals surface area contributed by atoms with E-state index in [1.54, 1.807) is 0 Å². The van der Waals surface area contributed by atoms with Crippen molar-refractivity contribution in [3.05, 3.63) is 35.4 Å². The summed E-state index contributed by atoms with van der Waals surface area (Å²) < 4.78 is 11.7. The van der Waals surface area contributed by atoms with Crippen LogP contribution in [0.3, 0.4) is 0 Å². The smallest absolute Gasteiger partial charge is 0.248 e. The average Bonchev–Trinajstić information content (AvgIpc) is 2.18. The molecule has 14 heavy (non-hydrogen) atoms. The third-order valence-corrected chi connectivity index (χ3v) is 2.24. The average molecular weight is 195 g/mol. The third kappa shape index (κ3) is 2.83. The molecule has 0 bridgehead atoms. The Balaban J connectivity index is 2.65. The van der Waals surface area contributed by atoms with Crippen LogP contribution < -0.4 is 5.54 Å². The van der Waals surface area contributed by atoms with E-state index in [-0.39, 0.29) is 12.3 Å². The van der Waals surface area contributed by atoms with E-state index in [2.05, 4.69) is 0 Å². The van der Waals surface area contributed by atoms with Gasteiger partial charge in [-0.05, 0) is 18.4 Å². The van der Waals surface area contributed by atoms with Crippen molar-refractivity contribution in [1.82, 2.24) is 5.54 Å². The van der Waals surface area contributed by atoms with Gasteiger partial charge in [0.2, 0.25) is 5.91 Å². The van der Waals surface area contributed by atoms with Gasteiger partial charge in [-0.3, -0.25) is 4.79 Å². The van der Waals surface area contributed by atoms with Gasteiger partial charge < -0.3 is 0 Å². The van der Waals surface area contributed by atoms with Crippen molar-refractivity contribution in [2.45, 2.75) is 26.2 Å². The molecule has 0 aromatic heterocycles. The summed E-state index contributed by atoms with van der Waals surface area (Å²) in [6.07, 6.45) is 0.180. The van der Waals surface area contributed by atoms with Gasteiger partial charge in [-0.2, -0.15) is 5.54 Å². The number of hydrogen-bond acceptors (Lipinski definition) is 1. The minimum absolute atomic E-state index is 0.0475. The predicted octanol–water partition coefficient (Wildman–Crippen LogP) is 2.49. The fraction of sp³-hybridized carbons (Fsp3) is 0.364. The first-order valence-electron chi connectivity index (χ1n) is 4.59. The molecule has 1 aromatic rings. The van der Waals surface area contributed by atoms with Gasteiger partial charge in [0, 0.05) is 6.42 Å². The Kier molecular flexibility index (Phi) is 3.63. The molecule has 0 saturated heterocycles. The molecule has 0 unspecified atom stereocenters. The van der Waals surface area contributed by atoms with Crippen molar-refractivity contribution in [2.75, 3.05) is 0 Å². The van der Waals surface area contributed by atoms with Crippen LogP contribution in [0.25, 0.3) is 0 Å². The van der Waals surface area contributed by atoms with Gasteiger partial charge in [0.05, 0.1) is 0 Å². The number of benzene rings is 1. The lowest BCUT2D eigenvalue weighted by molar-refractivity contribution is -0.125. The number of halogens is 1. The van der Waals surface area contributed by atoms with E-state index < -0.39 is 5.91 Å². The minimum atomic E-state index is -0.571. The van der Waals surface area contributed by atoms with Crippen molar-refractivity contribution < 1.29 is 9.28 Å². The summed E-state index contributed by atoms with van der Waals surface area (Å²) in [4.78, 5) is 10.8. The van der Waals surface area contributed by atoms with Crippen molar-refractivity contribution in [1.29, 1.82) is 0 Å². The molecule has 1 rings (SSSR count). The molecule has 1 atom stereocenters. The number of carbonyl (C=O) groups is 1. The lowest BCUT2D eigenvalue weighted by Gasteiger charge is -2.09. The molecule has 1 aromatic carbocycles. The molecule has 1 N–H and O–H groups in total. The lowest BCUT2D eigenvalue weighted by Crippen LogP contribution is -2.15. The summed E-state index contributed by atoms with van der Waals surface area (Å²) in [5.74, 6) is -0.524. The fourth-order valence-corrected chi connectivity index (χ4v) is 1.33. The zero-order chi connectivity index (χ0) is 10.6. The highest BCUT2D eigenvalue weighted by molar-refractivity contribution is 5.75. The molecule has 0 saturated carbocycles. The molecular weight excluding hydrogens is 181 g/mol. The van der Waals surface area contributed by atoms with Crippen LogP contribution in [0.2, 0.25) is 0 Å². The van der Waals surface area contributed by atoms with E-state index >= 15 is 0 Å². The Morgan fingerprint density at radius 2 is 2.00 bits per heavy atom. The normalized spacial score (nSPS) is 12.2. The summed E-state index contributed by atoms with van der Waals surface area (Å²) in [6, 6.07) is 7.90. The summed E-state index contributed by atoms with van der Waals surface area (Å²) in [7, 11) is 0. The Labute approximate surface area is 83.1 Å². The van der Waals surface area contributed by atoms with Gasteiger partial charge in [-0.1, -0.05) is 36.8 Å². The molecule has 0 spiro atoms. The summed E-state index contributed by atoms with van der Waals surface area (Å²) in [5, 5.41) is 0. The van der Waals surface area contributed by atoms with Crippen molar-refractivity contribution in [3.8, 4) is 0 Å². The first-order valence-corrected chi connectivity index (χ1v) is 4.59. The van der Waals surface area contributed by atoms with Crippen LogP contribution in [0.1, 0.15) is 30.4 Å². The summed E-state index contributed by atoms with van der Waals surface area (Å²) in [6.45, 7) is 3.91. The monoisotopic (exact) mass is 195 g/mol. The molecule has 2 nitrogen and oxygen atoms in total. The standard InChI is InChI=1S/C11H14FNO/c1-8-3-5-10(6-4-8)9(2)7-11(14)13-12/h3-6,9H,7H2,1-2H3,(H,13,14)/t9-/m1/s1. The molecule has 76 valence electrons. The van der Waals surface area contributed by atoms with Crippen LogP contribution in [0.15, 0.2) is 24.3 Å². The fourth-order valence-electron chi connectivity index (χ4n) is 1.33. The van der Waals surface area contributed by atoms with E-state index in [9.17, 15) is 9.28 Å². The SMILES string of the molecule is Cc1ccc([C@H](C)CC(=O)NF)cc1. The Hall–Kier alpha value is -1.38. The largest absolute Gasteiger partial charge is 0.273 e. The van der Waals surface area contributed by atoms with Gasteiger partial charge >= 0.3 is 0 Å². The molecule has 1 amide bonds. The number of hydrogen-bond donors (Lipinski definition) is 1. The first kappa shape index (κ1) is 10.7. The van der Waals surface area contributed by atoms with Crippen LogP contribution in [0.5, 0.6) is 0 Å². The maximum Gasteiger partial charge on any atom is 0.248 e. The molecule has 0 aliphatic carbocycles. The highest BCUT2D eigenvalue weighted by atomic mass is 19.2. The highest BCUT2D eigenvalue weighted by Crippen LogP contribution is 2.18.